The Morgan fingerprint density at radius 1 is 1.25 bits per heavy atom. The van der Waals surface area contributed by atoms with E-state index in [4.69, 9.17) is 5.73 Å². The number of fused-ring (bicyclic) bond motifs is 1. The first-order chi connectivity index (χ1) is 7.60. The minimum Gasteiger partial charge on any atom is -0.327 e. The van der Waals surface area contributed by atoms with Crippen molar-refractivity contribution in [3.63, 3.8) is 0 Å². The summed E-state index contributed by atoms with van der Waals surface area (Å²) < 4.78 is 0. The van der Waals surface area contributed by atoms with Gasteiger partial charge in [0.25, 0.3) is 0 Å². The van der Waals surface area contributed by atoms with E-state index in [0.29, 0.717) is 12.0 Å². The molecule has 0 radical (unpaired) electrons. The van der Waals surface area contributed by atoms with Gasteiger partial charge in [-0.05, 0) is 29.2 Å². The molecule has 1 fully saturated rings. The lowest BCUT2D eigenvalue weighted by molar-refractivity contribution is 0.599. The molecule has 16 heavy (non-hydrogen) atoms. The van der Waals surface area contributed by atoms with Gasteiger partial charge in [-0.1, -0.05) is 26.0 Å². The summed E-state index contributed by atoms with van der Waals surface area (Å²) >= 11 is 0. The largest absolute Gasteiger partial charge is 0.327 e. The molecular weight excluding hydrogens is 196 g/mol. The minimum atomic E-state index is 0.246. The number of aromatic nitrogens is 1. The smallest absolute Gasteiger partial charge is 0.0702 e. The highest BCUT2D eigenvalue weighted by Gasteiger charge is 2.56. The van der Waals surface area contributed by atoms with Crippen molar-refractivity contribution < 1.29 is 0 Å². The fraction of sp³-hybridized carbons (Fsp3) is 0.357. The third-order valence-corrected chi connectivity index (χ3v) is 3.90. The van der Waals surface area contributed by atoms with Gasteiger partial charge in [-0.2, -0.15) is 0 Å². The van der Waals surface area contributed by atoms with Gasteiger partial charge in [-0.3, -0.25) is 4.98 Å². The molecule has 0 amide bonds. The number of nitrogens with zero attached hydrogens (tertiary/aromatic N) is 1. The second-order valence-electron chi connectivity index (χ2n) is 5.28. The zero-order valence-electron chi connectivity index (χ0n) is 9.64. The van der Waals surface area contributed by atoms with Gasteiger partial charge >= 0.3 is 0 Å². The molecule has 1 heterocycles. The van der Waals surface area contributed by atoms with Crippen LogP contribution in [0, 0.1) is 5.41 Å². The fourth-order valence-corrected chi connectivity index (χ4v) is 2.60. The van der Waals surface area contributed by atoms with Gasteiger partial charge in [0.05, 0.1) is 5.52 Å². The highest BCUT2D eigenvalue weighted by Crippen LogP contribution is 2.57. The monoisotopic (exact) mass is 212 g/mol. The average molecular weight is 212 g/mol. The van der Waals surface area contributed by atoms with E-state index in [0.717, 1.165) is 5.52 Å². The molecule has 2 unspecified atom stereocenters. The lowest BCUT2D eigenvalue weighted by atomic mass is 10.0. The Morgan fingerprint density at radius 2 is 2.00 bits per heavy atom. The zero-order valence-corrected chi connectivity index (χ0v) is 9.64. The predicted octanol–water partition coefficient (Wildman–Crippen LogP) is 2.69. The van der Waals surface area contributed by atoms with E-state index in [1.807, 2.05) is 12.3 Å². The molecule has 0 aliphatic heterocycles. The van der Waals surface area contributed by atoms with Gasteiger partial charge in [-0.15, -0.1) is 0 Å². The quantitative estimate of drug-likeness (QED) is 0.789. The highest BCUT2D eigenvalue weighted by molar-refractivity contribution is 5.79. The summed E-state index contributed by atoms with van der Waals surface area (Å²) in [4.78, 5) is 4.33. The molecule has 2 heteroatoms. The van der Waals surface area contributed by atoms with Gasteiger partial charge in [0.2, 0.25) is 0 Å². The van der Waals surface area contributed by atoms with Crippen LogP contribution < -0.4 is 5.73 Å². The molecule has 2 nitrogen and oxygen atoms in total. The van der Waals surface area contributed by atoms with Crippen LogP contribution in [0.3, 0.4) is 0 Å². The van der Waals surface area contributed by atoms with E-state index >= 15 is 0 Å². The maximum absolute atomic E-state index is 6.10. The average Bonchev–Trinajstić information content (AvgIpc) is 2.78. The van der Waals surface area contributed by atoms with Gasteiger partial charge < -0.3 is 5.73 Å². The number of hydrogen-bond donors (Lipinski definition) is 1. The van der Waals surface area contributed by atoms with E-state index in [1.165, 1.54) is 10.9 Å². The number of nitrogens with two attached hydrogens (primary N) is 1. The Hall–Kier alpha value is -1.41. The van der Waals surface area contributed by atoms with Crippen LogP contribution in [0.5, 0.6) is 0 Å². The summed E-state index contributed by atoms with van der Waals surface area (Å²) in [6.07, 6.45) is 1.83. The number of pyridine rings is 1. The zero-order chi connectivity index (χ0) is 11.3. The molecule has 0 spiro atoms. The van der Waals surface area contributed by atoms with E-state index < -0.39 is 0 Å². The Kier molecular flexibility index (Phi) is 1.86. The molecule has 1 aliphatic carbocycles. The summed E-state index contributed by atoms with van der Waals surface area (Å²) in [7, 11) is 0. The molecule has 2 atom stereocenters. The SMILES string of the molecule is CC1(C)C(N)C1c1ccc2ncccc2c1. The van der Waals surface area contributed by atoms with Crippen LogP contribution in [0.25, 0.3) is 10.9 Å². The second kappa shape index (κ2) is 3.05. The summed E-state index contributed by atoms with van der Waals surface area (Å²) in [6, 6.07) is 10.8. The predicted molar refractivity (Wildman–Crippen MR) is 66.2 cm³/mol. The normalized spacial score (nSPS) is 26.9. The summed E-state index contributed by atoms with van der Waals surface area (Å²) in [5.41, 5.74) is 8.75. The van der Waals surface area contributed by atoms with Crippen LogP contribution in [0.1, 0.15) is 25.3 Å². The van der Waals surface area contributed by atoms with Crippen molar-refractivity contribution in [1.29, 1.82) is 0 Å². The fourth-order valence-electron chi connectivity index (χ4n) is 2.60. The van der Waals surface area contributed by atoms with Crippen molar-refractivity contribution in [3.8, 4) is 0 Å². The van der Waals surface area contributed by atoms with Crippen LogP contribution in [0.2, 0.25) is 0 Å². The Morgan fingerprint density at radius 3 is 2.69 bits per heavy atom. The number of rotatable bonds is 1. The molecule has 2 N–H and O–H groups in total. The molecule has 2 aromatic rings. The van der Waals surface area contributed by atoms with E-state index in [1.54, 1.807) is 0 Å². The third kappa shape index (κ3) is 1.26. The molecule has 1 aromatic heterocycles. The van der Waals surface area contributed by atoms with Crippen LogP contribution in [-0.2, 0) is 0 Å². The van der Waals surface area contributed by atoms with Crippen molar-refractivity contribution in [2.75, 3.05) is 0 Å². The van der Waals surface area contributed by atoms with Gasteiger partial charge in [0.15, 0.2) is 0 Å². The maximum Gasteiger partial charge on any atom is 0.0702 e. The van der Waals surface area contributed by atoms with Crippen molar-refractivity contribution in [2.45, 2.75) is 25.8 Å². The Balaban J connectivity index is 2.07. The van der Waals surface area contributed by atoms with Crippen LogP contribution in [0.4, 0.5) is 0 Å². The Bertz CT molecular complexity index is 545. The summed E-state index contributed by atoms with van der Waals surface area (Å²) in [6.45, 7) is 4.46. The molecule has 3 rings (SSSR count). The van der Waals surface area contributed by atoms with E-state index in [-0.39, 0.29) is 5.41 Å². The van der Waals surface area contributed by atoms with Crippen LogP contribution in [0.15, 0.2) is 36.5 Å². The lowest BCUT2D eigenvalue weighted by Gasteiger charge is -2.04. The first-order valence-electron chi connectivity index (χ1n) is 5.71. The van der Waals surface area contributed by atoms with Crippen molar-refractivity contribution in [3.05, 3.63) is 42.1 Å². The Labute approximate surface area is 95.5 Å². The molecule has 1 saturated carbocycles. The highest BCUT2D eigenvalue weighted by atomic mass is 14.8. The van der Waals surface area contributed by atoms with Crippen LogP contribution in [-0.4, -0.2) is 11.0 Å². The van der Waals surface area contributed by atoms with Gasteiger partial charge in [-0.25, -0.2) is 0 Å². The second-order valence-corrected chi connectivity index (χ2v) is 5.28. The van der Waals surface area contributed by atoms with Gasteiger partial charge in [0.1, 0.15) is 0 Å². The van der Waals surface area contributed by atoms with Crippen LogP contribution >= 0.6 is 0 Å². The molecule has 1 aliphatic rings. The summed E-state index contributed by atoms with van der Waals surface area (Å²) in [5.74, 6) is 0.497. The minimum absolute atomic E-state index is 0.246. The van der Waals surface area contributed by atoms with E-state index in [9.17, 15) is 0 Å². The molecule has 0 bridgehead atoms. The number of benzene rings is 1. The first kappa shape index (κ1) is 9.79. The number of hydrogen-bond acceptors (Lipinski definition) is 2. The standard InChI is InChI=1S/C14H16N2/c1-14(2)12(13(14)15)10-5-6-11-9(8-10)4-3-7-16-11/h3-8,12-13H,15H2,1-2H3. The van der Waals surface area contributed by atoms with Crippen molar-refractivity contribution in [1.82, 2.24) is 4.98 Å². The third-order valence-electron chi connectivity index (χ3n) is 3.90. The molecule has 0 saturated heterocycles. The topological polar surface area (TPSA) is 38.9 Å². The maximum atomic E-state index is 6.10. The first-order valence-corrected chi connectivity index (χ1v) is 5.71. The van der Waals surface area contributed by atoms with Crippen molar-refractivity contribution >= 4 is 10.9 Å². The molecule has 82 valence electrons. The summed E-state index contributed by atoms with van der Waals surface area (Å²) in [5, 5.41) is 1.20. The van der Waals surface area contributed by atoms with Crippen molar-refractivity contribution in [2.24, 2.45) is 11.1 Å². The van der Waals surface area contributed by atoms with E-state index in [2.05, 4.69) is 43.1 Å². The molecule has 1 aromatic carbocycles. The molecular formula is C14H16N2. The van der Waals surface area contributed by atoms with Gasteiger partial charge in [0, 0.05) is 23.5 Å². The lowest BCUT2D eigenvalue weighted by Crippen LogP contribution is -2.06.